The molecule has 1 spiro atoms. The Balaban J connectivity index is 1.13. The third-order valence-corrected chi connectivity index (χ3v) is 14.1. The highest BCUT2D eigenvalue weighted by Crippen LogP contribution is 2.71. The Labute approximate surface area is 239 Å². The largest absolute Gasteiger partial charge is 0.0628 e. The summed E-state index contributed by atoms with van der Waals surface area (Å²) >= 11 is 0. The van der Waals surface area contributed by atoms with Crippen LogP contribution >= 0.6 is 0 Å². The van der Waals surface area contributed by atoms with Gasteiger partial charge in [-0.3, -0.25) is 0 Å². The molecule has 0 aliphatic heterocycles. The Kier molecular flexibility index (Phi) is 6.41. The first-order chi connectivity index (χ1) is 18.8. The lowest BCUT2D eigenvalue weighted by Crippen LogP contribution is -2.55. The highest BCUT2D eigenvalue weighted by molar-refractivity contribution is 5.81. The van der Waals surface area contributed by atoms with Gasteiger partial charge < -0.3 is 0 Å². The zero-order valence-corrected chi connectivity index (χ0v) is 25.6. The standard InChI is InChI=1S/C39H54/c1-26(2)11-10-12-27(3)32-19-20-33-31-18-17-28-25-39(24-23-37(28,4)34(31)21-22-38(32,33)5)35-15-8-6-13-29(35)30-14-7-9-16-36(30)39/h6-9,13-16,26-28,31-34H,10-12,17-25H2,1-5H3/t27-,28?,31+,32-,33+,34+,37+,38-/m1/s1. The summed E-state index contributed by atoms with van der Waals surface area (Å²) in [7, 11) is 0. The van der Waals surface area contributed by atoms with E-state index in [1.165, 1.54) is 88.2 Å². The van der Waals surface area contributed by atoms with Crippen LogP contribution in [0.1, 0.15) is 123 Å². The molecule has 210 valence electrons. The average molecular weight is 523 g/mol. The molecule has 0 heterocycles. The van der Waals surface area contributed by atoms with Crippen LogP contribution in [0.25, 0.3) is 11.1 Å². The molecule has 0 saturated heterocycles. The van der Waals surface area contributed by atoms with Crippen LogP contribution in [0.2, 0.25) is 0 Å². The summed E-state index contributed by atoms with van der Waals surface area (Å²) in [5, 5.41) is 0. The first kappa shape index (κ1) is 26.3. The van der Waals surface area contributed by atoms with Crippen molar-refractivity contribution in [1.82, 2.24) is 0 Å². The molecule has 5 aliphatic carbocycles. The van der Waals surface area contributed by atoms with Crippen LogP contribution in [0, 0.1) is 52.3 Å². The van der Waals surface area contributed by atoms with Gasteiger partial charge in [-0.1, -0.05) is 102 Å². The molecule has 0 nitrogen and oxygen atoms in total. The molecule has 0 heteroatoms. The van der Waals surface area contributed by atoms with Crippen LogP contribution in [-0.2, 0) is 5.41 Å². The molecule has 5 aliphatic rings. The predicted molar refractivity (Wildman–Crippen MR) is 166 cm³/mol. The number of hydrogen-bond donors (Lipinski definition) is 0. The summed E-state index contributed by atoms with van der Waals surface area (Å²) in [6, 6.07) is 18.9. The predicted octanol–water partition coefficient (Wildman–Crippen LogP) is 11.1. The maximum Gasteiger partial charge on any atom is 0.0218 e. The molecule has 4 fully saturated rings. The summed E-state index contributed by atoms with van der Waals surface area (Å²) in [5.41, 5.74) is 7.77. The number of hydrogen-bond acceptors (Lipinski definition) is 0. The topological polar surface area (TPSA) is 0 Å². The van der Waals surface area contributed by atoms with Crippen LogP contribution in [0.4, 0.5) is 0 Å². The van der Waals surface area contributed by atoms with Crippen molar-refractivity contribution in [3.05, 3.63) is 59.7 Å². The first-order valence-electron chi connectivity index (χ1n) is 17.0. The fraction of sp³-hybridized carbons (Fsp3) is 0.692. The Bertz CT molecular complexity index is 1160. The second kappa shape index (κ2) is 9.49. The summed E-state index contributed by atoms with van der Waals surface area (Å²) in [5.74, 6) is 6.58. The van der Waals surface area contributed by atoms with Gasteiger partial charge in [0.2, 0.25) is 0 Å². The van der Waals surface area contributed by atoms with Crippen molar-refractivity contribution in [3.8, 4) is 11.1 Å². The molecular formula is C39H54. The summed E-state index contributed by atoms with van der Waals surface area (Å²) in [6.45, 7) is 13.0. The molecule has 2 aromatic rings. The van der Waals surface area contributed by atoms with Gasteiger partial charge in [0, 0.05) is 5.41 Å². The minimum atomic E-state index is 0.261. The molecular weight excluding hydrogens is 468 g/mol. The van der Waals surface area contributed by atoms with Crippen molar-refractivity contribution < 1.29 is 0 Å². The van der Waals surface area contributed by atoms with Gasteiger partial charge in [0.25, 0.3) is 0 Å². The van der Waals surface area contributed by atoms with E-state index in [9.17, 15) is 0 Å². The number of benzene rings is 2. The van der Waals surface area contributed by atoms with Gasteiger partial charge in [-0.15, -0.1) is 0 Å². The third kappa shape index (κ3) is 3.82. The van der Waals surface area contributed by atoms with Gasteiger partial charge in [-0.2, -0.15) is 0 Å². The van der Waals surface area contributed by atoms with Gasteiger partial charge in [-0.25, -0.2) is 0 Å². The highest BCUT2D eigenvalue weighted by atomic mass is 14.7. The van der Waals surface area contributed by atoms with Crippen molar-refractivity contribution in [3.63, 3.8) is 0 Å². The molecule has 4 saturated carbocycles. The van der Waals surface area contributed by atoms with Crippen molar-refractivity contribution >= 4 is 0 Å². The van der Waals surface area contributed by atoms with Crippen LogP contribution in [0.5, 0.6) is 0 Å². The second-order valence-electron chi connectivity index (χ2n) is 16.1. The van der Waals surface area contributed by atoms with Crippen LogP contribution in [0.15, 0.2) is 48.5 Å². The minimum Gasteiger partial charge on any atom is -0.0628 e. The van der Waals surface area contributed by atoms with Gasteiger partial charge in [0.1, 0.15) is 0 Å². The molecule has 0 bridgehead atoms. The van der Waals surface area contributed by atoms with Crippen molar-refractivity contribution in [1.29, 1.82) is 0 Å². The quantitative estimate of drug-likeness (QED) is 0.366. The van der Waals surface area contributed by atoms with Crippen molar-refractivity contribution in [2.24, 2.45) is 52.3 Å². The van der Waals surface area contributed by atoms with E-state index in [1.807, 2.05) is 0 Å². The molecule has 2 aromatic carbocycles. The monoisotopic (exact) mass is 522 g/mol. The van der Waals surface area contributed by atoms with E-state index in [1.54, 1.807) is 11.1 Å². The fourth-order valence-corrected chi connectivity index (χ4v) is 12.2. The highest BCUT2D eigenvalue weighted by Gasteiger charge is 2.62. The molecule has 7 rings (SSSR count). The summed E-state index contributed by atoms with van der Waals surface area (Å²) < 4.78 is 0. The van der Waals surface area contributed by atoms with Gasteiger partial charge in [0.15, 0.2) is 0 Å². The van der Waals surface area contributed by atoms with Crippen molar-refractivity contribution in [2.45, 2.75) is 117 Å². The Morgan fingerprint density at radius 2 is 1.36 bits per heavy atom. The molecule has 1 unspecified atom stereocenters. The molecule has 0 N–H and O–H groups in total. The molecule has 0 aromatic heterocycles. The fourth-order valence-electron chi connectivity index (χ4n) is 12.2. The normalized spacial score (nSPS) is 38.6. The maximum atomic E-state index is 2.78. The molecule has 0 amide bonds. The first-order valence-corrected chi connectivity index (χ1v) is 17.0. The lowest BCUT2D eigenvalue weighted by Gasteiger charge is -2.63. The summed E-state index contributed by atoms with van der Waals surface area (Å²) in [4.78, 5) is 0. The number of rotatable bonds is 5. The van der Waals surface area contributed by atoms with E-state index in [0.717, 1.165) is 41.4 Å². The van der Waals surface area contributed by atoms with E-state index >= 15 is 0 Å². The SMILES string of the molecule is CC(C)CCC[C@@H](C)[C@H]1CC[C@H]2[C@@H]3CCC4CC5(CC[C@]4(C)[C@H]3CC[C@]12C)c1ccccc1-c1ccccc15. The van der Waals surface area contributed by atoms with Crippen LogP contribution in [0.3, 0.4) is 0 Å². The zero-order chi connectivity index (χ0) is 27.0. The Morgan fingerprint density at radius 3 is 2.05 bits per heavy atom. The maximum absolute atomic E-state index is 2.78. The van der Waals surface area contributed by atoms with Crippen molar-refractivity contribution in [2.75, 3.05) is 0 Å². The molecule has 39 heavy (non-hydrogen) atoms. The van der Waals surface area contributed by atoms with Crippen LogP contribution < -0.4 is 0 Å². The average Bonchev–Trinajstić information content (AvgIpc) is 3.42. The Hall–Kier alpha value is -1.56. The number of fused-ring (bicyclic) bond motifs is 10. The Morgan fingerprint density at radius 1 is 0.692 bits per heavy atom. The van der Waals surface area contributed by atoms with Crippen LogP contribution in [-0.4, -0.2) is 0 Å². The van der Waals surface area contributed by atoms with E-state index in [4.69, 9.17) is 0 Å². The van der Waals surface area contributed by atoms with E-state index in [-0.39, 0.29) is 5.41 Å². The molecule has 8 atom stereocenters. The van der Waals surface area contributed by atoms with E-state index in [2.05, 4.69) is 83.1 Å². The molecule has 0 radical (unpaired) electrons. The third-order valence-electron chi connectivity index (χ3n) is 14.1. The smallest absolute Gasteiger partial charge is 0.0218 e. The summed E-state index contributed by atoms with van der Waals surface area (Å²) in [6.07, 6.45) is 17.6. The van der Waals surface area contributed by atoms with E-state index < -0.39 is 0 Å². The lowest BCUT2D eigenvalue weighted by molar-refractivity contribution is -0.121. The van der Waals surface area contributed by atoms with Gasteiger partial charge in [0.05, 0.1) is 0 Å². The second-order valence-corrected chi connectivity index (χ2v) is 16.1. The lowest BCUT2D eigenvalue weighted by atomic mass is 9.42. The minimum absolute atomic E-state index is 0.261. The van der Waals surface area contributed by atoms with E-state index in [0.29, 0.717) is 10.8 Å². The zero-order valence-electron chi connectivity index (χ0n) is 25.6. The van der Waals surface area contributed by atoms with Gasteiger partial charge >= 0.3 is 0 Å². The van der Waals surface area contributed by atoms with Gasteiger partial charge in [-0.05, 0) is 132 Å².